The molecule has 4 rings (SSSR count). The lowest BCUT2D eigenvalue weighted by atomic mass is 9.66. The minimum absolute atomic E-state index is 0.0845. The van der Waals surface area contributed by atoms with Crippen LogP contribution in [-0.4, -0.2) is 89.8 Å². The molecule has 1 aromatic carbocycles. The third-order valence-electron chi connectivity index (χ3n) is 9.30. The van der Waals surface area contributed by atoms with Gasteiger partial charge in [0.15, 0.2) is 0 Å². The largest absolute Gasteiger partial charge is 0.497 e. The van der Waals surface area contributed by atoms with E-state index in [1.54, 1.807) is 65.3 Å². The molecule has 40 heavy (non-hydrogen) atoms. The molecule has 7 atom stereocenters. The van der Waals surface area contributed by atoms with E-state index in [9.17, 15) is 19.5 Å². The minimum Gasteiger partial charge on any atom is -0.497 e. The van der Waals surface area contributed by atoms with E-state index in [1.807, 2.05) is 20.8 Å². The first-order valence-corrected chi connectivity index (χ1v) is 14.1. The number of carbonyl (C=O) groups is 3. The van der Waals surface area contributed by atoms with Crippen molar-refractivity contribution in [2.24, 2.45) is 17.8 Å². The highest BCUT2D eigenvalue weighted by Crippen LogP contribution is 2.64. The molecule has 1 spiro atoms. The summed E-state index contributed by atoms with van der Waals surface area (Å²) in [6, 6.07) is 5.51. The van der Waals surface area contributed by atoms with Gasteiger partial charge in [0.1, 0.15) is 17.4 Å². The van der Waals surface area contributed by atoms with Crippen LogP contribution in [0.2, 0.25) is 0 Å². The van der Waals surface area contributed by atoms with Crippen molar-refractivity contribution in [3.8, 4) is 5.75 Å². The van der Waals surface area contributed by atoms with Crippen molar-refractivity contribution in [3.63, 3.8) is 0 Å². The van der Waals surface area contributed by atoms with E-state index in [0.29, 0.717) is 37.2 Å². The topological polar surface area (TPSA) is 99.6 Å². The average molecular weight is 554 g/mol. The zero-order valence-electron chi connectivity index (χ0n) is 24.3. The molecule has 3 saturated heterocycles. The maximum Gasteiger partial charge on any atom is 0.253 e. The average Bonchev–Trinajstić information content (AvgIpc) is 3.52. The van der Waals surface area contributed by atoms with Crippen molar-refractivity contribution in [3.05, 3.63) is 49.6 Å². The summed E-state index contributed by atoms with van der Waals surface area (Å²) in [6.45, 7) is 13.7. The normalized spacial score (nSPS) is 30.0. The minimum atomic E-state index is -1.19. The van der Waals surface area contributed by atoms with E-state index in [0.717, 1.165) is 0 Å². The fraction of sp³-hybridized carbons (Fsp3) is 0.581. The molecule has 3 aliphatic rings. The van der Waals surface area contributed by atoms with Crippen LogP contribution in [0.25, 0.3) is 0 Å². The van der Waals surface area contributed by atoms with E-state index >= 15 is 0 Å². The monoisotopic (exact) mass is 553 g/mol. The Bertz CT molecular complexity index is 1150. The van der Waals surface area contributed by atoms with Crippen LogP contribution in [0.15, 0.2) is 49.6 Å². The third kappa shape index (κ3) is 4.53. The van der Waals surface area contributed by atoms with Crippen molar-refractivity contribution in [1.29, 1.82) is 0 Å². The molecule has 9 heteroatoms. The molecule has 1 aromatic rings. The highest BCUT2D eigenvalue weighted by atomic mass is 16.5. The number of hydrogen-bond donors (Lipinski definition) is 1. The number of rotatable bonds is 12. The van der Waals surface area contributed by atoms with Crippen LogP contribution in [0.1, 0.15) is 40.0 Å². The van der Waals surface area contributed by atoms with E-state index < -0.39 is 35.1 Å². The van der Waals surface area contributed by atoms with Gasteiger partial charge >= 0.3 is 0 Å². The lowest BCUT2D eigenvalue weighted by Crippen LogP contribution is -2.60. The number of benzene rings is 1. The van der Waals surface area contributed by atoms with Crippen molar-refractivity contribution >= 4 is 23.4 Å². The van der Waals surface area contributed by atoms with Crippen LogP contribution in [0.3, 0.4) is 0 Å². The molecule has 3 aliphatic heterocycles. The second-order valence-corrected chi connectivity index (χ2v) is 11.6. The molecule has 2 bridgehead atoms. The molecule has 0 aromatic heterocycles. The van der Waals surface area contributed by atoms with Crippen LogP contribution in [-0.2, 0) is 19.1 Å². The standard InChI is InChI=1S/C31H43N3O6/c1-8-17-32(6)27(36)24-25-28(37)34(23(19-35)20(4)10-3)26(31(25)16-15-30(24,5)40-31)29(38)33(18-9-2)21-11-13-22(39-7)14-12-21/h8-9,11-14,20,23-26,35H,1-2,10,15-19H2,3-7H3/t20-,23-,24+,25-,26?,30-,31?/m0/s1. The maximum absolute atomic E-state index is 14.7. The van der Waals surface area contributed by atoms with Crippen LogP contribution in [0.5, 0.6) is 5.75 Å². The number of amides is 3. The molecule has 218 valence electrons. The van der Waals surface area contributed by atoms with Gasteiger partial charge in [-0.05, 0) is 49.9 Å². The van der Waals surface area contributed by atoms with Gasteiger partial charge in [-0.3, -0.25) is 14.4 Å². The first kappa shape index (κ1) is 29.8. The molecule has 2 unspecified atom stereocenters. The zero-order valence-corrected chi connectivity index (χ0v) is 24.3. The Morgan fingerprint density at radius 3 is 2.40 bits per heavy atom. The summed E-state index contributed by atoms with van der Waals surface area (Å²) in [5.74, 6) is -1.84. The zero-order chi connectivity index (χ0) is 29.4. The Morgan fingerprint density at radius 1 is 1.20 bits per heavy atom. The van der Waals surface area contributed by atoms with E-state index in [4.69, 9.17) is 9.47 Å². The smallest absolute Gasteiger partial charge is 0.253 e. The molecule has 3 amide bonds. The summed E-state index contributed by atoms with van der Waals surface area (Å²) in [4.78, 5) is 47.7. The van der Waals surface area contributed by atoms with Crippen LogP contribution in [0.4, 0.5) is 5.69 Å². The third-order valence-corrected chi connectivity index (χ3v) is 9.30. The van der Waals surface area contributed by atoms with Gasteiger partial charge in [-0.25, -0.2) is 0 Å². The highest BCUT2D eigenvalue weighted by Gasteiger charge is 2.79. The molecule has 3 fully saturated rings. The summed E-state index contributed by atoms with van der Waals surface area (Å²) < 4.78 is 12.1. The SMILES string of the molecule is C=CCN(C)C(=O)[C@H]1[C@H]2C(=O)N([C@@H](CO)[C@@H](C)CC)C(C(=O)N(CC=C)c3ccc(OC)cc3)C23CC[C@]1(C)O3. The van der Waals surface area contributed by atoms with E-state index in [2.05, 4.69) is 13.2 Å². The van der Waals surface area contributed by atoms with Gasteiger partial charge in [0, 0.05) is 25.8 Å². The fourth-order valence-corrected chi connectivity index (χ4v) is 7.07. The Labute approximate surface area is 237 Å². The Kier molecular flexibility index (Phi) is 8.47. The van der Waals surface area contributed by atoms with Crippen molar-refractivity contribution in [2.45, 2.75) is 63.3 Å². The number of hydrogen-bond acceptors (Lipinski definition) is 6. The fourth-order valence-electron chi connectivity index (χ4n) is 7.07. The summed E-state index contributed by atoms with van der Waals surface area (Å²) in [6.07, 6.45) is 4.99. The van der Waals surface area contributed by atoms with Gasteiger partial charge in [0.05, 0.1) is 37.2 Å². The molecular formula is C31H43N3O6. The number of fused-ring (bicyclic) bond motifs is 1. The second-order valence-electron chi connectivity index (χ2n) is 11.6. The van der Waals surface area contributed by atoms with E-state index in [-0.39, 0.29) is 36.8 Å². The molecule has 0 saturated carbocycles. The summed E-state index contributed by atoms with van der Waals surface area (Å²) in [7, 11) is 3.27. The van der Waals surface area contributed by atoms with Crippen molar-refractivity contribution in [1.82, 2.24) is 9.80 Å². The maximum atomic E-state index is 14.7. The van der Waals surface area contributed by atoms with Crippen LogP contribution in [0, 0.1) is 17.8 Å². The predicted octanol–water partition coefficient (Wildman–Crippen LogP) is 3.03. The molecular weight excluding hydrogens is 510 g/mol. The molecule has 1 N–H and O–H groups in total. The first-order valence-electron chi connectivity index (χ1n) is 14.1. The number of anilines is 1. The molecule has 0 aliphatic carbocycles. The molecule has 9 nitrogen and oxygen atoms in total. The van der Waals surface area contributed by atoms with Gasteiger partial charge in [-0.1, -0.05) is 32.4 Å². The quantitative estimate of drug-likeness (QED) is 0.400. The number of carbonyl (C=O) groups excluding carboxylic acids is 3. The predicted molar refractivity (Wildman–Crippen MR) is 153 cm³/mol. The van der Waals surface area contributed by atoms with E-state index in [1.165, 1.54) is 0 Å². The number of aliphatic hydroxyl groups excluding tert-OH is 1. The van der Waals surface area contributed by atoms with Gasteiger partial charge in [-0.2, -0.15) is 0 Å². The number of likely N-dealkylation sites (N-methyl/N-ethyl adjacent to an activating group) is 1. The first-order chi connectivity index (χ1) is 19.0. The van der Waals surface area contributed by atoms with Gasteiger partial charge < -0.3 is 29.3 Å². The molecule has 3 heterocycles. The highest BCUT2D eigenvalue weighted by molar-refractivity contribution is 6.05. The lowest BCUT2D eigenvalue weighted by Gasteiger charge is -2.41. The number of ether oxygens (including phenoxy) is 2. The van der Waals surface area contributed by atoms with Gasteiger partial charge in [0.25, 0.3) is 5.91 Å². The number of aliphatic hydroxyl groups is 1. The summed E-state index contributed by atoms with van der Waals surface area (Å²) in [5.41, 5.74) is -1.45. The van der Waals surface area contributed by atoms with Crippen LogP contribution < -0.4 is 9.64 Å². The number of methoxy groups -OCH3 is 1. The second kappa shape index (κ2) is 11.4. The van der Waals surface area contributed by atoms with Gasteiger partial charge in [0.2, 0.25) is 11.8 Å². The Morgan fingerprint density at radius 2 is 1.85 bits per heavy atom. The Hall–Kier alpha value is -3.17. The van der Waals surface area contributed by atoms with Crippen LogP contribution >= 0.6 is 0 Å². The van der Waals surface area contributed by atoms with Crippen molar-refractivity contribution < 1.29 is 29.0 Å². The lowest BCUT2D eigenvalue weighted by molar-refractivity contribution is -0.152. The van der Waals surface area contributed by atoms with Gasteiger partial charge in [-0.15, -0.1) is 13.2 Å². The summed E-state index contributed by atoms with van der Waals surface area (Å²) in [5, 5.41) is 10.6. The Balaban J connectivity index is 1.86. The number of nitrogens with zero attached hydrogens (tertiary/aromatic N) is 3. The van der Waals surface area contributed by atoms with Crippen molar-refractivity contribution in [2.75, 3.05) is 38.8 Å². The summed E-state index contributed by atoms with van der Waals surface area (Å²) >= 11 is 0. The molecule has 0 radical (unpaired) electrons. The number of likely N-dealkylation sites (tertiary alicyclic amines) is 1.